The molecule has 4 bridgehead atoms. The molecule has 7 rings (SSSR count). The molecule has 0 heterocycles. The van der Waals surface area contributed by atoms with Crippen LogP contribution in [-0.4, -0.2) is 51.5 Å². The Bertz CT molecular complexity index is 1890. The number of benzene rings is 3. The quantitative estimate of drug-likeness (QED) is 0.151. The summed E-state index contributed by atoms with van der Waals surface area (Å²) in [5.74, 6) is -16.7. The average molecular weight is 759 g/mol. The Hall–Kier alpha value is -2.80. The lowest BCUT2D eigenvalue weighted by Gasteiger charge is -2.37. The van der Waals surface area contributed by atoms with E-state index in [9.17, 15) is 56.3 Å². The fourth-order valence-electron chi connectivity index (χ4n) is 7.72. The van der Waals surface area contributed by atoms with E-state index in [0.717, 1.165) is 20.2 Å². The first-order chi connectivity index (χ1) is 22.6. The molecule has 4 fully saturated rings. The number of alkyl halides is 9. The van der Waals surface area contributed by atoms with Gasteiger partial charge in [0, 0.05) is 5.54 Å². The van der Waals surface area contributed by atoms with Crippen molar-refractivity contribution < 1.29 is 56.3 Å². The SMILES string of the molecule is O=S(=O)(CNC12CC3CC1C(c1cccc([S+](c4ccccc4)c4ccccc4)c1)C3C2)[N-]S(=O)(=O)C(F)(F)C(F)(F)C(F)(F)C(F)(F)F. The molecule has 0 spiro atoms. The molecule has 3 aromatic rings. The van der Waals surface area contributed by atoms with E-state index in [1.54, 1.807) is 4.13 Å². The molecule has 1 N–H and O–H groups in total. The van der Waals surface area contributed by atoms with E-state index in [1.807, 2.05) is 78.9 Å². The second kappa shape index (κ2) is 11.9. The van der Waals surface area contributed by atoms with E-state index in [2.05, 4.69) is 11.4 Å². The molecule has 4 aliphatic rings. The van der Waals surface area contributed by atoms with Gasteiger partial charge in [0.05, 0.1) is 26.8 Å². The first-order valence-corrected chi connectivity index (χ1v) is 19.0. The van der Waals surface area contributed by atoms with Gasteiger partial charge < -0.3 is 4.13 Å². The highest BCUT2D eigenvalue weighted by molar-refractivity contribution is 8.12. The van der Waals surface area contributed by atoms with Crippen LogP contribution in [0.2, 0.25) is 0 Å². The fourth-order valence-corrected chi connectivity index (χ4v) is 12.6. The van der Waals surface area contributed by atoms with Crippen LogP contribution in [-0.2, 0) is 30.9 Å². The molecular weight excluding hydrogens is 732 g/mol. The van der Waals surface area contributed by atoms with Gasteiger partial charge >= 0.3 is 23.3 Å². The zero-order valence-electron chi connectivity index (χ0n) is 24.9. The highest BCUT2D eigenvalue weighted by Crippen LogP contribution is 2.71. The summed E-state index contributed by atoms with van der Waals surface area (Å²) in [6.45, 7) is 0. The van der Waals surface area contributed by atoms with Gasteiger partial charge in [0.1, 0.15) is 0 Å². The Morgan fingerprint density at radius 2 is 1.29 bits per heavy atom. The average Bonchev–Trinajstić information content (AvgIpc) is 3.75. The van der Waals surface area contributed by atoms with Crippen LogP contribution in [0.25, 0.3) is 4.13 Å². The zero-order chi connectivity index (χ0) is 35.8. The van der Waals surface area contributed by atoms with Crippen LogP contribution >= 0.6 is 0 Å². The van der Waals surface area contributed by atoms with Gasteiger partial charge in [0.15, 0.2) is 24.7 Å². The van der Waals surface area contributed by atoms with Gasteiger partial charge in [-0.2, -0.15) is 39.5 Å². The summed E-state index contributed by atoms with van der Waals surface area (Å²) < 4.78 is 170. The van der Waals surface area contributed by atoms with Crippen molar-refractivity contribution >= 4 is 30.9 Å². The Balaban J connectivity index is 1.21. The summed E-state index contributed by atoms with van der Waals surface area (Å²) in [7, 11) is -13.6. The molecule has 18 heteroatoms. The lowest BCUT2D eigenvalue weighted by atomic mass is 9.80. The third-order valence-corrected chi connectivity index (χ3v) is 15.0. The maximum Gasteiger partial charge on any atom is 0.460 e. The van der Waals surface area contributed by atoms with Crippen LogP contribution in [0, 0.1) is 17.8 Å². The maximum atomic E-state index is 14.1. The normalized spacial score (nSPS) is 25.8. The van der Waals surface area contributed by atoms with Gasteiger partial charge in [-0.3, -0.25) is 5.32 Å². The molecule has 6 nitrogen and oxygen atoms in total. The maximum absolute atomic E-state index is 14.1. The largest absolute Gasteiger partial charge is 0.460 e. The third-order valence-electron chi connectivity index (χ3n) is 9.69. The van der Waals surface area contributed by atoms with E-state index in [4.69, 9.17) is 0 Å². The van der Waals surface area contributed by atoms with Gasteiger partial charge in [-0.05, 0) is 84.9 Å². The van der Waals surface area contributed by atoms with E-state index < -0.39 is 65.6 Å². The van der Waals surface area contributed by atoms with Crippen LogP contribution in [0.5, 0.6) is 0 Å². The predicted molar refractivity (Wildman–Crippen MR) is 161 cm³/mol. The van der Waals surface area contributed by atoms with Gasteiger partial charge in [0.2, 0.25) is 0 Å². The van der Waals surface area contributed by atoms with Crippen LogP contribution in [0.1, 0.15) is 30.7 Å². The number of rotatable bonds is 12. The van der Waals surface area contributed by atoms with Crippen molar-refractivity contribution in [1.29, 1.82) is 0 Å². The van der Waals surface area contributed by atoms with Gasteiger partial charge in [-0.15, -0.1) is 0 Å². The van der Waals surface area contributed by atoms with Crippen molar-refractivity contribution in [3.8, 4) is 0 Å². The molecule has 0 amide bonds. The fraction of sp³-hybridized carbons (Fsp3) is 0.419. The Kier molecular flexibility index (Phi) is 8.73. The summed E-state index contributed by atoms with van der Waals surface area (Å²) in [6.07, 6.45) is -5.79. The zero-order valence-corrected chi connectivity index (χ0v) is 27.4. The predicted octanol–water partition coefficient (Wildman–Crippen LogP) is 7.67. The molecule has 3 aromatic carbocycles. The topological polar surface area (TPSA) is 94.4 Å². The molecular formula is C31H27F9N2O4S3. The second-order valence-electron chi connectivity index (χ2n) is 12.5. The minimum Gasteiger partial charge on any atom is -0.430 e. The van der Waals surface area contributed by atoms with Crippen LogP contribution < -0.4 is 5.32 Å². The minimum absolute atomic E-state index is 0.0685. The number of halogens is 9. The first kappa shape index (κ1) is 36.0. The molecule has 4 aliphatic carbocycles. The van der Waals surface area contributed by atoms with Crippen molar-refractivity contribution in [2.75, 3.05) is 5.88 Å². The van der Waals surface area contributed by atoms with Gasteiger partial charge in [0.25, 0.3) is 0 Å². The smallest absolute Gasteiger partial charge is 0.430 e. The summed E-state index contributed by atoms with van der Waals surface area (Å²) in [4.78, 5) is 3.18. The summed E-state index contributed by atoms with van der Waals surface area (Å²) in [5.41, 5.74) is 0.0453. The molecule has 0 aliphatic heterocycles. The van der Waals surface area contributed by atoms with E-state index in [1.165, 1.54) is 0 Å². The standard InChI is InChI=1S/C31H27F9N2O4S3/c32-28(33,30(36,37)38)29(34,35)31(39,40)49(45,46)42-48(43,44)18-41-27-16-20-15-25(27)26(24(20)17-27)19-8-7-13-23(14-19)47(21-9-3-1-4-10-21)22-11-5-2-6-12-22/h1-14,20,24-26,41H,15-18H2. The molecule has 0 saturated heterocycles. The molecule has 49 heavy (non-hydrogen) atoms. The number of hydrogen-bond donors (Lipinski definition) is 1. The number of nitrogens with one attached hydrogen (secondary N) is 1. The Morgan fingerprint density at radius 1 is 0.735 bits per heavy atom. The van der Waals surface area contributed by atoms with Crippen LogP contribution in [0.15, 0.2) is 99.6 Å². The van der Waals surface area contributed by atoms with E-state index >= 15 is 0 Å². The highest BCUT2D eigenvalue weighted by Gasteiger charge is 2.84. The molecule has 266 valence electrons. The number of sulfonamides is 2. The van der Waals surface area contributed by atoms with E-state index in [0.29, 0.717) is 19.3 Å². The number of nitrogens with zero attached hydrogens (tertiary/aromatic N) is 1. The molecule has 0 radical (unpaired) electrons. The first-order valence-electron chi connectivity index (χ1n) is 14.8. The molecule has 4 saturated carbocycles. The summed E-state index contributed by atoms with van der Waals surface area (Å²) in [5, 5.41) is -4.56. The van der Waals surface area contributed by atoms with Gasteiger partial charge in [-0.25, -0.2) is 16.8 Å². The van der Waals surface area contributed by atoms with Crippen molar-refractivity contribution in [3.05, 3.63) is 94.6 Å². The third kappa shape index (κ3) is 5.84. The minimum atomic E-state index is -7.59. The van der Waals surface area contributed by atoms with Gasteiger partial charge in [-0.1, -0.05) is 48.5 Å². The van der Waals surface area contributed by atoms with Crippen molar-refractivity contribution in [3.63, 3.8) is 0 Å². The Labute approximate surface area is 278 Å². The van der Waals surface area contributed by atoms with Crippen LogP contribution in [0.3, 0.4) is 0 Å². The number of hydrogen-bond acceptors (Lipinski definition) is 5. The van der Waals surface area contributed by atoms with Crippen molar-refractivity contribution in [1.82, 2.24) is 5.32 Å². The Morgan fingerprint density at radius 3 is 1.82 bits per heavy atom. The summed E-state index contributed by atoms with van der Waals surface area (Å²) in [6, 6.07) is 27.7. The second-order valence-corrected chi connectivity index (χ2v) is 18.0. The van der Waals surface area contributed by atoms with Crippen molar-refractivity contribution in [2.24, 2.45) is 17.8 Å². The lowest BCUT2D eigenvalue weighted by Crippen LogP contribution is -2.63. The van der Waals surface area contributed by atoms with E-state index in [-0.39, 0.29) is 23.7 Å². The molecule has 0 aromatic heterocycles. The van der Waals surface area contributed by atoms with Crippen molar-refractivity contribution in [2.45, 2.75) is 68.7 Å². The summed E-state index contributed by atoms with van der Waals surface area (Å²) >= 11 is 0. The highest BCUT2D eigenvalue weighted by atomic mass is 32.3. The monoisotopic (exact) mass is 758 g/mol. The lowest BCUT2D eigenvalue weighted by molar-refractivity contribution is -0.382. The molecule has 5 atom stereocenters. The van der Waals surface area contributed by atoms with Crippen LogP contribution in [0.4, 0.5) is 39.5 Å². The molecule has 5 unspecified atom stereocenters.